The minimum atomic E-state index is -1.55. The van der Waals surface area contributed by atoms with Gasteiger partial charge in [0.05, 0.1) is 24.3 Å². The number of aliphatic hydroxyl groups excluding tert-OH is 2. The van der Waals surface area contributed by atoms with Gasteiger partial charge in [-0.2, -0.15) is 0 Å². The molecule has 3 aromatic rings. The SMILES string of the molecule is O=C(O[C@@H]1[C@@H](OC(=O)c2ccccc2)[C@H](CO)O[C@H](O)[C@H]1OCc1ccccc1)c1ccccc1. The molecule has 5 atom stereocenters. The van der Waals surface area contributed by atoms with Crippen LogP contribution in [-0.4, -0.2) is 59.5 Å². The molecule has 0 amide bonds. The van der Waals surface area contributed by atoms with E-state index in [2.05, 4.69) is 0 Å². The molecule has 182 valence electrons. The Morgan fingerprint density at radius 2 is 1.20 bits per heavy atom. The summed E-state index contributed by atoms with van der Waals surface area (Å²) in [6.07, 6.45) is -6.40. The molecule has 1 saturated heterocycles. The minimum Gasteiger partial charge on any atom is -0.452 e. The van der Waals surface area contributed by atoms with Crippen molar-refractivity contribution in [3.63, 3.8) is 0 Å². The summed E-state index contributed by atoms with van der Waals surface area (Å²) in [7, 11) is 0. The van der Waals surface area contributed by atoms with E-state index in [9.17, 15) is 19.8 Å². The average molecular weight is 478 g/mol. The van der Waals surface area contributed by atoms with Crippen molar-refractivity contribution in [1.29, 1.82) is 0 Å². The van der Waals surface area contributed by atoms with Crippen LogP contribution in [0.3, 0.4) is 0 Å². The van der Waals surface area contributed by atoms with Crippen LogP contribution in [0.1, 0.15) is 26.3 Å². The highest BCUT2D eigenvalue weighted by Crippen LogP contribution is 2.29. The second kappa shape index (κ2) is 11.7. The molecule has 0 aromatic heterocycles. The number of benzene rings is 3. The van der Waals surface area contributed by atoms with E-state index in [1.54, 1.807) is 60.7 Å². The molecule has 8 heteroatoms. The van der Waals surface area contributed by atoms with Crippen molar-refractivity contribution < 1.29 is 38.7 Å². The highest BCUT2D eigenvalue weighted by Gasteiger charge is 2.50. The van der Waals surface area contributed by atoms with Crippen LogP contribution in [0.2, 0.25) is 0 Å². The first-order chi connectivity index (χ1) is 17.1. The summed E-state index contributed by atoms with van der Waals surface area (Å²) in [5.74, 6) is -1.40. The maximum Gasteiger partial charge on any atom is 0.338 e. The fourth-order valence-corrected chi connectivity index (χ4v) is 3.79. The van der Waals surface area contributed by atoms with Crippen LogP contribution in [-0.2, 0) is 25.6 Å². The zero-order valence-corrected chi connectivity index (χ0v) is 18.8. The number of carbonyl (C=O) groups is 2. The van der Waals surface area contributed by atoms with Gasteiger partial charge in [-0.15, -0.1) is 0 Å². The Kier molecular flexibility index (Phi) is 8.23. The van der Waals surface area contributed by atoms with Crippen LogP contribution in [0, 0.1) is 0 Å². The Balaban J connectivity index is 1.62. The number of rotatable bonds is 8. The molecule has 4 rings (SSSR count). The Labute approximate surface area is 202 Å². The van der Waals surface area contributed by atoms with Gasteiger partial charge in [0.2, 0.25) is 0 Å². The summed E-state index contributed by atoms with van der Waals surface area (Å²) in [5, 5.41) is 20.6. The lowest BCUT2D eigenvalue weighted by Crippen LogP contribution is -2.62. The molecule has 1 heterocycles. The molecule has 1 fully saturated rings. The molecule has 1 aliphatic heterocycles. The summed E-state index contributed by atoms with van der Waals surface area (Å²) in [5.41, 5.74) is 1.35. The van der Waals surface area contributed by atoms with Crippen molar-refractivity contribution in [3.05, 3.63) is 108 Å². The lowest BCUT2D eigenvalue weighted by Gasteiger charge is -2.43. The van der Waals surface area contributed by atoms with Crippen LogP contribution in [0.25, 0.3) is 0 Å². The zero-order valence-electron chi connectivity index (χ0n) is 18.8. The van der Waals surface area contributed by atoms with Gasteiger partial charge >= 0.3 is 11.9 Å². The van der Waals surface area contributed by atoms with Crippen molar-refractivity contribution in [3.8, 4) is 0 Å². The maximum absolute atomic E-state index is 12.9. The quantitative estimate of drug-likeness (QED) is 0.476. The molecule has 0 saturated carbocycles. The van der Waals surface area contributed by atoms with Gasteiger partial charge in [-0.25, -0.2) is 9.59 Å². The number of carbonyl (C=O) groups excluding carboxylic acids is 2. The van der Waals surface area contributed by atoms with Gasteiger partial charge in [0.1, 0.15) is 12.2 Å². The Hall–Kier alpha value is -3.56. The first-order valence-electron chi connectivity index (χ1n) is 11.2. The molecular formula is C27H26O8. The van der Waals surface area contributed by atoms with E-state index < -0.39 is 49.3 Å². The van der Waals surface area contributed by atoms with E-state index >= 15 is 0 Å². The van der Waals surface area contributed by atoms with Gasteiger partial charge < -0.3 is 29.2 Å². The van der Waals surface area contributed by atoms with Crippen LogP contribution >= 0.6 is 0 Å². The molecule has 3 aromatic carbocycles. The smallest absolute Gasteiger partial charge is 0.338 e. The summed E-state index contributed by atoms with van der Waals surface area (Å²) in [6, 6.07) is 25.7. The zero-order chi connectivity index (χ0) is 24.6. The molecule has 35 heavy (non-hydrogen) atoms. The number of hydrogen-bond acceptors (Lipinski definition) is 8. The monoisotopic (exact) mass is 478 g/mol. The van der Waals surface area contributed by atoms with Crippen molar-refractivity contribution in [1.82, 2.24) is 0 Å². The van der Waals surface area contributed by atoms with Crippen LogP contribution < -0.4 is 0 Å². The fourth-order valence-electron chi connectivity index (χ4n) is 3.79. The molecule has 0 bridgehead atoms. The first-order valence-corrected chi connectivity index (χ1v) is 11.2. The summed E-state index contributed by atoms with van der Waals surface area (Å²) < 4.78 is 22.8. The van der Waals surface area contributed by atoms with Crippen molar-refractivity contribution >= 4 is 11.9 Å². The van der Waals surface area contributed by atoms with E-state index in [0.29, 0.717) is 0 Å². The highest BCUT2D eigenvalue weighted by atomic mass is 16.7. The lowest BCUT2D eigenvalue weighted by atomic mass is 9.98. The van der Waals surface area contributed by atoms with Crippen molar-refractivity contribution in [2.45, 2.75) is 37.3 Å². The summed E-state index contributed by atoms with van der Waals surface area (Å²) in [6.45, 7) is -0.511. The van der Waals surface area contributed by atoms with Gasteiger partial charge in [-0.1, -0.05) is 66.7 Å². The van der Waals surface area contributed by atoms with Crippen LogP contribution in [0.5, 0.6) is 0 Å². The standard InChI is InChI=1S/C27H26O8/c28-16-21-22(34-25(29)19-12-6-2-7-13-19)23(35-26(30)20-14-8-3-9-15-20)24(27(31)33-21)32-17-18-10-4-1-5-11-18/h1-15,21-24,27-28,31H,16-17H2/t21-,22-,23+,24-,27-/m0/s1. The van der Waals surface area contributed by atoms with E-state index in [-0.39, 0.29) is 17.7 Å². The second-order valence-electron chi connectivity index (χ2n) is 7.98. The fraction of sp³-hybridized carbons (Fsp3) is 0.259. The van der Waals surface area contributed by atoms with Gasteiger partial charge in [0.15, 0.2) is 18.5 Å². The molecule has 0 unspecified atom stereocenters. The van der Waals surface area contributed by atoms with E-state index in [1.807, 2.05) is 30.3 Å². The predicted octanol–water partition coefficient (Wildman–Crippen LogP) is 2.73. The highest BCUT2D eigenvalue weighted by molar-refractivity contribution is 5.90. The molecular weight excluding hydrogens is 452 g/mol. The molecule has 2 N–H and O–H groups in total. The Bertz CT molecular complexity index is 1090. The summed E-state index contributed by atoms with van der Waals surface area (Å²) in [4.78, 5) is 25.8. The molecule has 0 radical (unpaired) electrons. The predicted molar refractivity (Wildman–Crippen MR) is 124 cm³/mol. The third kappa shape index (κ3) is 6.12. The Morgan fingerprint density at radius 3 is 1.71 bits per heavy atom. The third-order valence-corrected chi connectivity index (χ3v) is 5.58. The average Bonchev–Trinajstić information content (AvgIpc) is 2.91. The Morgan fingerprint density at radius 1 is 0.714 bits per heavy atom. The molecule has 8 nitrogen and oxygen atoms in total. The first kappa shape index (κ1) is 24.6. The molecule has 1 aliphatic rings. The van der Waals surface area contributed by atoms with Crippen LogP contribution in [0.4, 0.5) is 0 Å². The van der Waals surface area contributed by atoms with Crippen LogP contribution in [0.15, 0.2) is 91.0 Å². The lowest BCUT2D eigenvalue weighted by molar-refractivity contribution is -0.296. The maximum atomic E-state index is 12.9. The van der Waals surface area contributed by atoms with E-state index in [4.69, 9.17) is 18.9 Å². The number of esters is 2. The number of hydrogen-bond donors (Lipinski definition) is 2. The largest absolute Gasteiger partial charge is 0.452 e. The molecule has 0 spiro atoms. The second-order valence-corrected chi connectivity index (χ2v) is 7.98. The van der Waals surface area contributed by atoms with Gasteiger partial charge in [0, 0.05) is 0 Å². The van der Waals surface area contributed by atoms with Gasteiger partial charge in [-0.05, 0) is 29.8 Å². The number of aliphatic hydroxyl groups is 2. The molecule has 0 aliphatic carbocycles. The van der Waals surface area contributed by atoms with Crippen molar-refractivity contribution in [2.75, 3.05) is 6.61 Å². The normalized spacial score (nSPS) is 23.9. The van der Waals surface area contributed by atoms with Gasteiger partial charge in [-0.3, -0.25) is 0 Å². The minimum absolute atomic E-state index is 0.0778. The number of ether oxygens (including phenoxy) is 4. The van der Waals surface area contributed by atoms with E-state index in [1.165, 1.54) is 0 Å². The topological polar surface area (TPSA) is 112 Å². The van der Waals surface area contributed by atoms with Gasteiger partial charge in [0.25, 0.3) is 0 Å². The van der Waals surface area contributed by atoms with E-state index in [0.717, 1.165) is 5.56 Å². The van der Waals surface area contributed by atoms with Crippen molar-refractivity contribution in [2.24, 2.45) is 0 Å². The third-order valence-electron chi connectivity index (χ3n) is 5.58. The summed E-state index contributed by atoms with van der Waals surface area (Å²) >= 11 is 0.